The van der Waals surface area contributed by atoms with Gasteiger partial charge in [0, 0.05) is 18.0 Å². The number of pyridine rings is 1. The summed E-state index contributed by atoms with van der Waals surface area (Å²) in [6.07, 6.45) is -4.94. The predicted molar refractivity (Wildman–Crippen MR) is 101 cm³/mol. The number of rotatable bonds is 5. The van der Waals surface area contributed by atoms with Crippen LogP contribution in [0.5, 0.6) is 0 Å². The Labute approximate surface area is 171 Å². The average Bonchev–Trinajstić information content (AvgIpc) is 2.64. The molecule has 30 heavy (non-hydrogen) atoms. The van der Waals surface area contributed by atoms with Crippen LogP contribution in [0.25, 0.3) is 0 Å². The Morgan fingerprint density at radius 1 is 1.17 bits per heavy atom. The number of carbonyl (C=O) groups excluding carboxylic acids is 1. The van der Waals surface area contributed by atoms with Crippen molar-refractivity contribution in [2.24, 2.45) is 11.8 Å². The van der Waals surface area contributed by atoms with Crippen molar-refractivity contribution in [3.63, 3.8) is 0 Å². The van der Waals surface area contributed by atoms with Gasteiger partial charge in [-0.05, 0) is 50.5 Å². The highest BCUT2D eigenvalue weighted by Crippen LogP contribution is 2.37. The van der Waals surface area contributed by atoms with E-state index in [2.05, 4.69) is 15.0 Å². The summed E-state index contributed by atoms with van der Waals surface area (Å²) in [5.41, 5.74) is -0.174. The Morgan fingerprint density at radius 2 is 1.90 bits per heavy atom. The van der Waals surface area contributed by atoms with Crippen LogP contribution < -0.4 is 10.9 Å². The molecule has 0 bridgehead atoms. The topological polar surface area (TPSA) is 80.4 Å². The van der Waals surface area contributed by atoms with E-state index in [1.807, 2.05) is 6.92 Å². The number of aromatic nitrogens is 1. The molecule has 1 amide bonds. The molecule has 2 aliphatic rings. The second-order valence-electron chi connectivity index (χ2n) is 8.14. The van der Waals surface area contributed by atoms with Crippen LogP contribution in [0.4, 0.5) is 23.2 Å². The van der Waals surface area contributed by atoms with E-state index >= 15 is 0 Å². The first-order valence-electron chi connectivity index (χ1n) is 10.1. The maximum Gasteiger partial charge on any atom is 0.522 e. The lowest BCUT2D eigenvalue weighted by Crippen LogP contribution is -2.46. The second-order valence-corrected chi connectivity index (χ2v) is 8.14. The van der Waals surface area contributed by atoms with Crippen molar-refractivity contribution in [3.8, 4) is 0 Å². The van der Waals surface area contributed by atoms with E-state index in [-0.39, 0.29) is 37.0 Å². The van der Waals surface area contributed by atoms with Crippen LogP contribution in [0.2, 0.25) is 0 Å². The Bertz CT molecular complexity index is 785. The van der Waals surface area contributed by atoms with Crippen molar-refractivity contribution in [1.29, 1.82) is 0 Å². The van der Waals surface area contributed by atoms with E-state index in [0.29, 0.717) is 19.3 Å². The van der Waals surface area contributed by atoms with Gasteiger partial charge in [0.1, 0.15) is 6.17 Å². The first-order chi connectivity index (χ1) is 14.1. The maximum atomic E-state index is 13.6. The van der Waals surface area contributed by atoms with Crippen LogP contribution in [-0.4, -0.2) is 41.7 Å². The molecule has 6 atom stereocenters. The lowest BCUT2D eigenvalue weighted by Gasteiger charge is -2.40. The van der Waals surface area contributed by atoms with Gasteiger partial charge < -0.3 is 15.0 Å². The lowest BCUT2D eigenvalue weighted by atomic mass is 9.82. The zero-order valence-corrected chi connectivity index (χ0v) is 16.6. The van der Waals surface area contributed by atoms with Crippen LogP contribution >= 0.6 is 0 Å². The minimum absolute atomic E-state index is 0.0470. The molecule has 6 unspecified atom stereocenters. The number of alkyl halides is 4. The van der Waals surface area contributed by atoms with Gasteiger partial charge in [-0.15, -0.1) is 13.2 Å². The fourth-order valence-corrected chi connectivity index (χ4v) is 4.33. The molecule has 10 heteroatoms. The molecular formula is C20H26F4N2O4. The van der Waals surface area contributed by atoms with E-state index in [4.69, 9.17) is 4.74 Å². The number of aromatic amines is 1. The predicted octanol–water partition coefficient (Wildman–Crippen LogP) is 3.93. The number of nitrogens with one attached hydrogen (secondary N) is 2. The summed E-state index contributed by atoms with van der Waals surface area (Å²) < 4.78 is 62.0. The van der Waals surface area contributed by atoms with Gasteiger partial charge in [0.05, 0.1) is 24.2 Å². The van der Waals surface area contributed by atoms with Crippen LogP contribution in [0, 0.1) is 11.8 Å². The van der Waals surface area contributed by atoms with Gasteiger partial charge in [0.15, 0.2) is 0 Å². The molecule has 2 fully saturated rings. The molecule has 1 aromatic rings. The molecule has 1 heterocycles. The Kier molecular flexibility index (Phi) is 7.18. The summed E-state index contributed by atoms with van der Waals surface area (Å²) >= 11 is 0. The first kappa shape index (κ1) is 22.7. The fourth-order valence-electron chi connectivity index (χ4n) is 4.33. The monoisotopic (exact) mass is 434 g/mol. The summed E-state index contributed by atoms with van der Waals surface area (Å²) in [7, 11) is 0. The van der Waals surface area contributed by atoms with Gasteiger partial charge in [0.25, 0.3) is 0 Å². The van der Waals surface area contributed by atoms with E-state index in [1.165, 1.54) is 18.3 Å². The summed E-state index contributed by atoms with van der Waals surface area (Å²) in [6.45, 7) is 1.88. The molecule has 0 aliphatic heterocycles. The molecule has 0 aromatic carbocycles. The van der Waals surface area contributed by atoms with E-state index < -0.39 is 42.1 Å². The lowest BCUT2D eigenvalue weighted by molar-refractivity contribution is -0.347. The number of carbonyl (C=O) groups is 1. The quantitative estimate of drug-likeness (QED) is 0.689. The van der Waals surface area contributed by atoms with Gasteiger partial charge in [0.2, 0.25) is 11.5 Å². The molecule has 168 valence electrons. The van der Waals surface area contributed by atoms with Gasteiger partial charge >= 0.3 is 6.36 Å². The second kappa shape index (κ2) is 9.47. The largest absolute Gasteiger partial charge is 0.522 e. The average molecular weight is 434 g/mol. The van der Waals surface area contributed by atoms with Crippen LogP contribution in [-0.2, 0) is 14.3 Å². The number of amides is 1. The maximum absolute atomic E-state index is 13.6. The molecule has 0 radical (unpaired) electrons. The third kappa shape index (κ3) is 6.28. The molecule has 6 nitrogen and oxygen atoms in total. The van der Waals surface area contributed by atoms with Crippen LogP contribution in [0.15, 0.2) is 23.1 Å². The number of halogens is 4. The summed E-state index contributed by atoms with van der Waals surface area (Å²) in [5, 5.41) is 2.59. The number of hydrogen-bond donors (Lipinski definition) is 2. The summed E-state index contributed by atoms with van der Waals surface area (Å²) in [4.78, 5) is 26.7. The Hall–Kier alpha value is -1.94. The van der Waals surface area contributed by atoms with Crippen molar-refractivity contribution in [2.45, 2.75) is 76.3 Å². The highest BCUT2D eigenvalue weighted by Gasteiger charge is 2.43. The van der Waals surface area contributed by atoms with E-state index in [1.54, 1.807) is 0 Å². The molecule has 3 rings (SSSR count). The number of anilines is 1. The SMILES string of the molecule is CC1CC(F)CCC1OC1CCC(OC(F)(F)F)CC1C(=O)Nc1cc[nH]c(=O)c1. The van der Waals surface area contributed by atoms with Crippen molar-refractivity contribution >= 4 is 11.6 Å². The smallest absolute Gasteiger partial charge is 0.374 e. The first-order valence-corrected chi connectivity index (χ1v) is 10.1. The highest BCUT2D eigenvalue weighted by molar-refractivity contribution is 5.92. The van der Waals surface area contributed by atoms with Gasteiger partial charge in [-0.3, -0.25) is 14.3 Å². The van der Waals surface area contributed by atoms with Crippen molar-refractivity contribution < 1.29 is 31.8 Å². The van der Waals surface area contributed by atoms with Gasteiger partial charge in [-0.25, -0.2) is 4.39 Å². The zero-order chi connectivity index (χ0) is 21.9. The Balaban J connectivity index is 1.72. The van der Waals surface area contributed by atoms with Crippen molar-refractivity contribution in [1.82, 2.24) is 4.98 Å². The molecule has 0 spiro atoms. The van der Waals surface area contributed by atoms with Crippen molar-refractivity contribution in [2.75, 3.05) is 5.32 Å². The van der Waals surface area contributed by atoms with E-state index in [9.17, 15) is 27.2 Å². The normalized spacial score (nSPS) is 32.6. The van der Waals surface area contributed by atoms with E-state index in [0.717, 1.165) is 0 Å². The molecule has 2 saturated carbocycles. The highest BCUT2D eigenvalue weighted by atomic mass is 19.4. The van der Waals surface area contributed by atoms with Gasteiger partial charge in [-0.2, -0.15) is 0 Å². The zero-order valence-electron chi connectivity index (χ0n) is 16.6. The summed E-state index contributed by atoms with van der Waals surface area (Å²) in [6, 6.07) is 2.66. The molecular weight excluding hydrogens is 408 g/mol. The van der Waals surface area contributed by atoms with Gasteiger partial charge in [-0.1, -0.05) is 6.92 Å². The third-order valence-electron chi connectivity index (χ3n) is 5.79. The fraction of sp³-hybridized carbons (Fsp3) is 0.700. The number of ether oxygens (including phenoxy) is 2. The molecule has 2 N–H and O–H groups in total. The Morgan fingerprint density at radius 3 is 2.57 bits per heavy atom. The van der Waals surface area contributed by atoms with Crippen LogP contribution in [0.3, 0.4) is 0 Å². The number of H-pyrrole nitrogens is 1. The molecule has 0 saturated heterocycles. The standard InChI is InChI=1S/C20H26F4N2O4/c1-11-8-12(21)2-4-16(11)29-17-5-3-14(30-20(22,23)24)10-15(17)19(28)26-13-6-7-25-18(27)9-13/h6-7,9,11-12,14-17H,2-5,8,10H2,1H3,(H2,25,26,27,28). The molecule has 1 aromatic heterocycles. The minimum atomic E-state index is -4.79. The molecule has 2 aliphatic carbocycles. The van der Waals surface area contributed by atoms with Crippen LogP contribution in [0.1, 0.15) is 45.4 Å². The number of hydrogen-bond acceptors (Lipinski definition) is 4. The minimum Gasteiger partial charge on any atom is -0.374 e. The summed E-state index contributed by atoms with van der Waals surface area (Å²) in [5.74, 6) is -1.47. The third-order valence-corrected chi connectivity index (χ3v) is 5.79. The van der Waals surface area contributed by atoms with Crippen molar-refractivity contribution in [3.05, 3.63) is 28.7 Å².